The van der Waals surface area contributed by atoms with Gasteiger partial charge in [-0.25, -0.2) is 0 Å². The van der Waals surface area contributed by atoms with E-state index in [4.69, 9.17) is 5.11 Å². The normalized spacial score (nSPS) is 16.3. The molecule has 1 aromatic carbocycles. The van der Waals surface area contributed by atoms with E-state index in [0.717, 1.165) is 13.0 Å². The van der Waals surface area contributed by atoms with Crippen molar-refractivity contribution in [1.29, 1.82) is 0 Å². The van der Waals surface area contributed by atoms with Crippen molar-refractivity contribution < 1.29 is 10.2 Å². The molecule has 0 bridgehead atoms. The number of aliphatic hydroxyl groups is 2. The lowest BCUT2D eigenvalue weighted by molar-refractivity contribution is 0.0947. The van der Waals surface area contributed by atoms with Gasteiger partial charge in [0.1, 0.15) is 0 Å². The number of aliphatic hydroxyl groups excluding tert-OH is 2. The van der Waals surface area contributed by atoms with E-state index in [1.54, 1.807) is 0 Å². The Morgan fingerprint density at radius 2 is 1.94 bits per heavy atom. The summed E-state index contributed by atoms with van der Waals surface area (Å²) in [5.74, 6) is 0. The summed E-state index contributed by atoms with van der Waals surface area (Å²) in [5.41, 5.74) is 4.41. The highest BCUT2D eigenvalue weighted by atomic mass is 16.3. The quantitative estimate of drug-likeness (QED) is 0.661. The van der Waals surface area contributed by atoms with E-state index in [1.165, 1.54) is 42.4 Å². The molecule has 0 spiro atoms. The van der Waals surface area contributed by atoms with Crippen molar-refractivity contribution in [3.05, 3.63) is 34.9 Å². The largest absolute Gasteiger partial charge is 0.394 e. The van der Waals surface area contributed by atoms with E-state index >= 15 is 0 Å². The van der Waals surface area contributed by atoms with Crippen LogP contribution in [-0.2, 0) is 19.3 Å². The first kappa shape index (κ1) is 13.5. The van der Waals surface area contributed by atoms with Crippen LogP contribution in [0.5, 0.6) is 0 Å². The molecule has 3 nitrogen and oxygen atoms in total. The van der Waals surface area contributed by atoms with E-state index in [2.05, 4.69) is 23.5 Å². The Labute approximate surface area is 109 Å². The number of aryl methyl sites for hydroxylation is 2. The van der Waals surface area contributed by atoms with Gasteiger partial charge in [0.2, 0.25) is 0 Å². The van der Waals surface area contributed by atoms with Crippen molar-refractivity contribution in [1.82, 2.24) is 5.32 Å². The average Bonchev–Trinajstić information content (AvgIpc) is 2.43. The molecule has 0 radical (unpaired) electrons. The fourth-order valence-corrected chi connectivity index (χ4v) is 2.51. The number of hydrogen-bond acceptors (Lipinski definition) is 3. The molecule has 1 unspecified atom stereocenters. The van der Waals surface area contributed by atoms with E-state index in [-0.39, 0.29) is 6.61 Å². The van der Waals surface area contributed by atoms with Crippen molar-refractivity contribution in [3.63, 3.8) is 0 Å². The SMILES string of the molecule is OCC(O)CNCCc1ccc2c(c1)CCCC2. The molecule has 1 aromatic rings. The van der Waals surface area contributed by atoms with Gasteiger partial charge in [-0.2, -0.15) is 0 Å². The van der Waals surface area contributed by atoms with Gasteiger partial charge in [-0.3, -0.25) is 0 Å². The molecule has 0 fully saturated rings. The van der Waals surface area contributed by atoms with Gasteiger partial charge < -0.3 is 15.5 Å². The maximum absolute atomic E-state index is 9.20. The molecule has 100 valence electrons. The molecule has 18 heavy (non-hydrogen) atoms. The maximum atomic E-state index is 9.20. The van der Waals surface area contributed by atoms with Crippen LogP contribution in [0, 0.1) is 0 Å². The van der Waals surface area contributed by atoms with Gasteiger partial charge >= 0.3 is 0 Å². The van der Waals surface area contributed by atoms with Crippen LogP contribution in [-0.4, -0.2) is 36.0 Å². The summed E-state index contributed by atoms with van der Waals surface area (Å²) in [7, 11) is 0. The monoisotopic (exact) mass is 249 g/mol. The number of rotatable bonds is 6. The van der Waals surface area contributed by atoms with Gasteiger partial charge in [-0.05, 0) is 55.3 Å². The summed E-state index contributed by atoms with van der Waals surface area (Å²) in [4.78, 5) is 0. The Morgan fingerprint density at radius 1 is 1.17 bits per heavy atom. The molecule has 3 N–H and O–H groups in total. The first-order chi connectivity index (χ1) is 8.79. The van der Waals surface area contributed by atoms with Gasteiger partial charge in [-0.15, -0.1) is 0 Å². The van der Waals surface area contributed by atoms with Gasteiger partial charge in [-0.1, -0.05) is 18.2 Å². The molecule has 1 aliphatic carbocycles. The van der Waals surface area contributed by atoms with Crippen molar-refractivity contribution >= 4 is 0 Å². The Balaban J connectivity index is 1.79. The fraction of sp³-hybridized carbons (Fsp3) is 0.600. The third kappa shape index (κ3) is 3.80. The summed E-state index contributed by atoms with van der Waals surface area (Å²) in [5, 5.41) is 21.0. The Kier molecular flexibility index (Phi) is 5.17. The molecule has 0 aromatic heterocycles. The Hall–Kier alpha value is -0.900. The third-order valence-electron chi connectivity index (χ3n) is 3.59. The number of hydrogen-bond donors (Lipinski definition) is 3. The second-order valence-corrected chi connectivity index (χ2v) is 5.10. The minimum Gasteiger partial charge on any atom is -0.394 e. The average molecular weight is 249 g/mol. The standard InChI is InChI=1S/C15H23NO2/c17-11-15(18)10-16-8-7-12-5-6-13-3-1-2-4-14(13)9-12/h5-6,9,15-18H,1-4,7-8,10-11H2. The lowest BCUT2D eigenvalue weighted by Crippen LogP contribution is -2.30. The second kappa shape index (κ2) is 6.88. The topological polar surface area (TPSA) is 52.5 Å². The molecule has 1 aliphatic rings. The minimum absolute atomic E-state index is 0.175. The van der Waals surface area contributed by atoms with Crippen LogP contribution in [0.4, 0.5) is 0 Å². The fourth-order valence-electron chi connectivity index (χ4n) is 2.51. The van der Waals surface area contributed by atoms with Crippen molar-refractivity contribution in [3.8, 4) is 0 Å². The molecule has 0 saturated carbocycles. The molecule has 0 amide bonds. The number of benzene rings is 1. The summed E-state index contributed by atoms with van der Waals surface area (Å²) in [6.45, 7) is 1.13. The van der Waals surface area contributed by atoms with E-state index in [1.807, 2.05) is 0 Å². The van der Waals surface area contributed by atoms with Gasteiger partial charge in [0.25, 0.3) is 0 Å². The molecule has 0 heterocycles. The molecule has 2 rings (SSSR count). The molecule has 0 aliphatic heterocycles. The highest BCUT2D eigenvalue weighted by molar-refractivity contribution is 5.33. The van der Waals surface area contributed by atoms with E-state index < -0.39 is 6.10 Å². The summed E-state index contributed by atoms with van der Waals surface area (Å²) in [6.07, 6.45) is 5.43. The third-order valence-corrected chi connectivity index (χ3v) is 3.59. The highest BCUT2D eigenvalue weighted by Crippen LogP contribution is 2.22. The zero-order chi connectivity index (χ0) is 12.8. The zero-order valence-corrected chi connectivity index (χ0v) is 10.9. The first-order valence-corrected chi connectivity index (χ1v) is 6.90. The predicted molar refractivity (Wildman–Crippen MR) is 72.8 cm³/mol. The van der Waals surface area contributed by atoms with Crippen LogP contribution in [0.2, 0.25) is 0 Å². The van der Waals surface area contributed by atoms with Gasteiger partial charge in [0, 0.05) is 6.54 Å². The van der Waals surface area contributed by atoms with Crippen molar-refractivity contribution in [2.24, 2.45) is 0 Å². The summed E-state index contributed by atoms with van der Waals surface area (Å²) < 4.78 is 0. The molecule has 0 saturated heterocycles. The molecular weight excluding hydrogens is 226 g/mol. The Bertz CT molecular complexity index is 379. The number of fused-ring (bicyclic) bond motifs is 1. The molecule has 3 heteroatoms. The van der Waals surface area contributed by atoms with Crippen LogP contribution >= 0.6 is 0 Å². The summed E-state index contributed by atoms with van der Waals surface area (Å²) >= 11 is 0. The van der Waals surface area contributed by atoms with Crippen LogP contribution in [0.15, 0.2) is 18.2 Å². The lowest BCUT2D eigenvalue weighted by Gasteiger charge is -2.16. The minimum atomic E-state index is -0.645. The maximum Gasteiger partial charge on any atom is 0.0894 e. The smallest absolute Gasteiger partial charge is 0.0894 e. The van der Waals surface area contributed by atoms with Crippen LogP contribution < -0.4 is 5.32 Å². The van der Waals surface area contributed by atoms with E-state index in [9.17, 15) is 5.11 Å². The van der Waals surface area contributed by atoms with Crippen molar-refractivity contribution in [2.75, 3.05) is 19.7 Å². The van der Waals surface area contributed by atoms with Crippen LogP contribution in [0.1, 0.15) is 29.5 Å². The Morgan fingerprint density at radius 3 is 2.72 bits per heavy atom. The van der Waals surface area contributed by atoms with Gasteiger partial charge in [0.05, 0.1) is 12.7 Å². The first-order valence-electron chi connectivity index (χ1n) is 6.90. The van der Waals surface area contributed by atoms with Crippen molar-refractivity contribution in [2.45, 2.75) is 38.2 Å². The van der Waals surface area contributed by atoms with Crippen LogP contribution in [0.3, 0.4) is 0 Å². The summed E-state index contributed by atoms with van der Waals surface area (Å²) in [6, 6.07) is 6.82. The van der Waals surface area contributed by atoms with E-state index in [0.29, 0.717) is 6.54 Å². The predicted octanol–water partition coefficient (Wildman–Crippen LogP) is 1.05. The number of nitrogens with one attached hydrogen (secondary N) is 1. The molecule has 1 atom stereocenters. The zero-order valence-electron chi connectivity index (χ0n) is 10.9. The van der Waals surface area contributed by atoms with Gasteiger partial charge in [0.15, 0.2) is 0 Å². The highest BCUT2D eigenvalue weighted by Gasteiger charge is 2.09. The molecular formula is C15H23NO2. The van der Waals surface area contributed by atoms with Crippen LogP contribution in [0.25, 0.3) is 0 Å². The lowest BCUT2D eigenvalue weighted by atomic mass is 9.90. The second-order valence-electron chi connectivity index (χ2n) is 5.10.